The molecule has 0 spiro atoms. The first-order chi connectivity index (χ1) is 20.6. The predicted molar refractivity (Wildman–Crippen MR) is 184 cm³/mol. The quantitative estimate of drug-likeness (QED) is 0.0744. The maximum absolute atomic E-state index is 6.87. The lowest BCUT2D eigenvalue weighted by Gasteiger charge is -2.33. The number of hydrogen-bond donors (Lipinski definition) is 0. The first-order valence-electron chi connectivity index (χ1n) is 18.6. The lowest BCUT2D eigenvalue weighted by Crippen LogP contribution is -2.40. The zero-order valence-electron chi connectivity index (χ0n) is 28.6. The molecule has 0 aromatic rings. The van der Waals surface area contributed by atoms with E-state index in [-0.39, 0.29) is 5.79 Å². The van der Waals surface area contributed by atoms with E-state index < -0.39 is 0 Å². The molecule has 42 heavy (non-hydrogen) atoms. The molecular formula is C39H71NO2. The van der Waals surface area contributed by atoms with Crippen molar-refractivity contribution in [2.24, 2.45) is 0 Å². The van der Waals surface area contributed by atoms with Gasteiger partial charge in [0.2, 0.25) is 0 Å². The van der Waals surface area contributed by atoms with Crippen molar-refractivity contribution in [1.82, 2.24) is 4.90 Å². The molecule has 3 nitrogen and oxygen atoms in total. The van der Waals surface area contributed by atoms with Gasteiger partial charge in [0.05, 0.1) is 12.2 Å². The van der Waals surface area contributed by atoms with Crippen molar-refractivity contribution < 1.29 is 9.47 Å². The molecule has 1 heterocycles. The SMILES string of the molecule is CC/C=C\CCCCCCCCC1(CCCCCCCC/C=C\C/C=C\CCCCC)O[C@@H]2CC[C@H](N(C)C)C[C@H]2O1. The first kappa shape index (κ1) is 37.3. The van der Waals surface area contributed by atoms with Gasteiger partial charge in [0.25, 0.3) is 0 Å². The fraction of sp³-hybridized carbons (Fsp3) is 0.846. The fourth-order valence-electron chi connectivity index (χ4n) is 6.78. The van der Waals surface area contributed by atoms with Crippen LogP contribution in [0.4, 0.5) is 0 Å². The average molecular weight is 586 g/mol. The van der Waals surface area contributed by atoms with E-state index in [4.69, 9.17) is 9.47 Å². The summed E-state index contributed by atoms with van der Waals surface area (Å²) in [7, 11) is 4.44. The van der Waals surface area contributed by atoms with Gasteiger partial charge in [-0.1, -0.05) is 115 Å². The number of allylic oxidation sites excluding steroid dienone is 6. The summed E-state index contributed by atoms with van der Waals surface area (Å²) in [6.07, 6.45) is 46.4. The van der Waals surface area contributed by atoms with E-state index in [0.29, 0.717) is 18.2 Å². The molecule has 4 atom stereocenters. The number of rotatable bonds is 26. The Morgan fingerprint density at radius 2 is 1.07 bits per heavy atom. The van der Waals surface area contributed by atoms with Gasteiger partial charge in [-0.3, -0.25) is 0 Å². The molecule has 0 aromatic carbocycles. The lowest BCUT2D eigenvalue weighted by atomic mass is 9.90. The summed E-state index contributed by atoms with van der Waals surface area (Å²) in [6, 6.07) is 0.639. The van der Waals surface area contributed by atoms with Gasteiger partial charge >= 0.3 is 0 Å². The first-order valence-corrected chi connectivity index (χ1v) is 18.6. The highest BCUT2D eigenvalue weighted by Gasteiger charge is 2.49. The molecule has 2 aliphatic rings. The molecule has 0 radical (unpaired) electrons. The summed E-state index contributed by atoms with van der Waals surface area (Å²) in [5.74, 6) is -0.309. The number of hydrogen-bond acceptors (Lipinski definition) is 3. The monoisotopic (exact) mass is 586 g/mol. The van der Waals surface area contributed by atoms with E-state index in [9.17, 15) is 0 Å². The van der Waals surface area contributed by atoms with E-state index in [0.717, 1.165) is 32.1 Å². The van der Waals surface area contributed by atoms with Gasteiger partial charge in [-0.05, 0) is 97.6 Å². The third-order valence-electron chi connectivity index (χ3n) is 9.51. The van der Waals surface area contributed by atoms with Crippen molar-refractivity contribution in [2.75, 3.05) is 14.1 Å². The van der Waals surface area contributed by atoms with Crippen molar-refractivity contribution >= 4 is 0 Å². The van der Waals surface area contributed by atoms with Crippen molar-refractivity contribution in [3.63, 3.8) is 0 Å². The number of unbranched alkanes of at least 4 members (excludes halogenated alkanes) is 15. The van der Waals surface area contributed by atoms with Gasteiger partial charge in [0.15, 0.2) is 5.79 Å². The predicted octanol–water partition coefficient (Wildman–Crippen LogP) is 11.9. The second-order valence-electron chi connectivity index (χ2n) is 13.5. The maximum Gasteiger partial charge on any atom is 0.169 e. The van der Waals surface area contributed by atoms with Crippen molar-refractivity contribution in [1.29, 1.82) is 0 Å². The molecule has 2 rings (SSSR count). The summed E-state index contributed by atoms with van der Waals surface area (Å²) in [5, 5.41) is 0. The number of ether oxygens (including phenoxy) is 2. The summed E-state index contributed by atoms with van der Waals surface area (Å²) in [4.78, 5) is 2.39. The second kappa shape index (κ2) is 24.4. The van der Waals surface area contributed by atoms with Gasteiger partial charge < -0.3 is 14.4 Å². The molecule has 1 aliphatic heterocycles. The summed E-state index contributed by atoms with van der Waals surface area (Å²) in [6.45, 7) is 4.49. The Hall–Kier alpha value is -0.900. The zero-order valence-corrected chi connectivity index (χ0v) is 28.6. The molecule has 0 amide bonds. The second-order valence-corrected chi connectivity index (χ2v) is 13.5. The minimum Gasteiger partial charge on any atom is -0.344 e. The van der Waals surface area contributed by atoms with E-state index >= 15 is 0 Å². The van der Waals surface area contributed by atoms with Gasteiger partial charge in [-0.25, -0.2) is 0 Å². The van der Waals surface area contributed by atoms with Crippen molar-refractivity contribution in [3.05, 3.63) is 36.5 Å². The Balaban J connectivity index is 1.62. The standard InChI is InChI=1S/C39H71NO2/c1-5-7-9-11-13-15-17-18-19-20-21-22-24-26-28-30-34-39(33-29-27-25-23-16-14-12-10-8-6-2)41-37-32-31-36(40(3)4)35-38(37)42-39/h8,10,13,15,18-19,36-38H,5-7,9,11-12,14,16-17,20-35H2,1-4H3/b10-8-,15-13-,19-18-/t36-,37+,38+,39?/m0/s1. The molecule has 1 saturated heterocycles. The Kier molecular flexibility index (Phi) is 21.7. The minimum atomic E-state index is -0.309. The molecule has 0 N–H and O–H groups in total. The smallest absolute Gasteiger partial charge is 0.169 e. The molecular weight excluding hydrogens is 514 g/mol. The van der Waals surface area contributed by atoms with Crippen molar-refractivity contribution in [3.8, 4) is 0 Å². The topological polar surface area (TPSA) is 21.7 Å². The third kappa shape index (κ3) is 16.8. The highest BCUT2D eigenvalue weighted by Crippen LogP contribution is 2.43. The van der Waals surface area contributed by atoms with E-state index in [1.54, 1.807) is 0 Å². The number of fused-ring (bicyclic) bond motifs is 1. The minimum absolute atomic E-state index is 0.298. The molecule has 244 valence electrons. The van der Waals surface area contributed by atoms with E-state index in [1.807, 2.05) is 0 Å². The average Bonchev–Trinajstić information content (AvgIpc) is 3.35. The normalized spacial score (nSPS) is 24.6. The van der Waals surface area contributed by atoms with Crippen molar-refractivity contribution in [2.45, 2.75) is 198 Å². The van der Waals surface area contributed by atoms with Crippen LogP contribution in [-0.4, -0.2) is 43.0 Å². The van der Waals surface area contributed by atoms with Gasteiger partial charge in [-0.2, -0.15) is 0 Å². The highest BCUT2D eigenvalue weighted by molar-refractivity contribution is 4.94. The molecule has 1 unspecified atom stereocenters. The van der Waals surface area contributed by atoms with Gasteiger partial charge in [0.1, 0.15) is 0 Å². The Bertz CT molecular complexity index is 713. The maximum atomic E-state index is 6.87. The largest absolute Gasteiger partial charge is 0.344 e. The summed E-state index contributed by atoms with van der Waals surface area (Å²) < 4.78 is 13.7. The Labute approximate surface area is 263 Å². The van der Waals surface area contributed by atoms with Crippen LogP contribution in [0.5, 0.6) is 0 Å². The third-order valence-corrected chi connectivity index (χ3v) is 9.51. The highest BCUT2D eigenvalue weighted by atomic mass is 16.8. The lowest BCUT2D eigenvalue weighted by molar-refractivity contribution is -0.186. The molecule has 0 aromatic heterocycles. The van der Waals surface area contributed by atoms with Crippen LogP contribution >= 0.6 is 0 Å². The Morgan fingerprint density at radius 3 is 1.62 bits per heavy atom. The molecule has 1 saturated carbocycles. The van der Waals surface area contributed by atoms with Crippen LogP contribution in [0, 0.1) is 0 Å². The van der Waals surface area contributed by atoms with Gasteiger partial charge in [-0.15, -0.1) is 0 Å². The Morgan fingerprint density at radius 1 is 0.571 bits per heavy atom. The number of nitrogens with zero attached hydrogens (tertiary/aromatic N) is 1. The van der Waals surface area contributed by atoms with E-state index in [2.05, 4.69) is 69.3 Å². The van der Waals surface area contributed by atoms with Crippen LogP contribution in [0.3, 0.4) is 0 Å². The molecule has 3 heteroatoms. The molecule has 0 bridgehead atoms. The van der Waals surface area contributed by atoms with Crippen LogP contribution in [0.1, 0.15) is 174 Å². The van der Waals surface area contributed by atoms with Crippen LogP contribution < -0.4 is 0 Å². The fourth-order valence-corrected chi connectivity index (χ4v) is 6.78. The molecule has 1 aliphatic carbocycles. The van der Waals surface area contributed by atoms with Gasteiger partial charge in [0, 0.05) is 18.9 Å². The summed E-state index contributed by atoms with van der Waals surface area (Å²) in [5.41, 5.74) is 0. The van der Waals surface area contributed by atoms with Crippen LogP contribution in [0.2, 0.25) is 0 Å². The van der Waals surface area contributed by atoms with E-state index in [1.165, 1.54) is 128 Å². The molecule has 2 fully saturated rings. The van der Waals surface area contributed by atoms with Crippen LogP contribution in [-0.2, 0) is 9.47 Å². The summed E-state index contributed by atoms with van der Waals surface area (Å²) >= 11 is 0. The van der Waals surface area contributed by atoms with Crippen LogP contribution in [0.15, 0.2) is 36.5 Å². The zero-order chi connectivity index (χ0) is 30.1. The van der Waals surface area contributed by atoms with Crippen LogP contribution in [0.25, 0.3) is 0 Å².